The van der Waals surface area contributed by atoms with Crippen LogP contribution >= 0.6 is 0 Å². The van der Waals surface area contributed by atoms with Crippen LogP contribution in [0.4, 0.5) is 5.82 Å². The molecule has 2 N–H and O–H groups in total. The van der Waals surface area contributed by atoms with Crippen LogP contribution in [0.3, 0.4) is 0 Å². The Morgan fingerprint density at radius 3 is 2.86 bits per heavy atom. The quantitative estimate of drug-likeness (QED) is 0.844. The van der Waals surface area contributed by atoms with Gasteiger partial charge in [0.1, 0.15) is 5.69 Å². The molecule has 0 unspecified atom stereocenters. The molecule has 7 nitrogen and oxygen atoms in total. The lowest BCUT2D eigenvalue weighted by Crippen LogP contribution is -2.26. The van der Waals surface area contributed by atoms with Crippen LogP contribution in [0.25, 0.3) is 0 Å². The maximum absolute atomic E-state index is 12.1. The number of aryl methyl sites for hydroxylation is 2. The van der Waals surface area contributed by atoms with Crippen molar-refractivity contribution in [2.45, 2.75) is 39.7 Å². The molecule has 0 fully saturated rings. The average molecular weight is 289 g/mol. The monoisotopic (exact) mass is 289 g/mol. The predicted molar refractivity (Wildman–Crippen MR) is 79.3 cm³/mol. The van der Waals surface area contributed by atoms with E-state index in [1.54, 1.807) is 6.07 Å². The van der Waals surface area contributed by atoms with Crippen molar-refractivity contribution in [2.24, 2.45) is 0 Å². The molecule has 0 radical (unpaired) electrons. The highest BCUT2D eigenvalue weighted by Gasteiger charge is 2.11. The van der Waals surface area contributed by atoms with Crippen molar-refractivity contribution in [3.8, 4) is 0 Å². The summed E-state index contributed by atoms with van der Waals surface area (Å²) >= 11 is 0. The standard InChI is InChI=1S/C14H19N5O2/c1-3-5-10-9-12(17-16-10)15-14(21)11-6-7-13(20)19(18-11)8-4-2/h6-7,9H,3-5,8H2,1-2H3,(H2,15,16,17,21). The number of hydrogen-bond donors (Lipinski definition) is 2. The lowest BCUT2D eigenvalue weighted by Gasteiger charge is -2.05. The summed E-state index contributed by atoms with van der Waals surface area (Å²) in [5.74, 6) is 0.0768. The highest BCUT2D eigenvalue weighted by molar-refractivity contribution is 6.02. The first-order chi connectivity index (χ1) is 10.1. The fourth-order valence-corrected chi connectivity index (χ4v) is 1.95. The van der Waals surface area contributed by atoms with Gasteiger partial charge in [0.25, 0.3) is 11.5 Å². The van der Waals surface area contributed by atoms with Crippen LogP contribution < -0.4 is 10.9 Å². The number of aromatic nitrogens is 4. The second-order valence-electron chi connectivity index (χ2n) is 4.76. The molecular formula is C14H19N5O2. The molecule has 2 heterocycles. The van der Waals surface area contributed by atoms with Gasteiger partial charge in [-0.25, -0.2) is 4.68 Å². The van der Waals surface area contributed by atoms with E-state index in [1.807, 2.05) is 6.92 Å². The number of amides is 1. The SMILES string of the molecule is CCCc1cc(NC(=O)c2ccc(=O)n(CCC)n2)n[nH]1. The third-order valence-electron chi connectivity index (χ3n) is 2.93. The molecule has 0 aliphatic carbocycles. The summed E-state index contributed by atoms with van der Waals surface area (Å²) in [6, 6.07) is 4.57. The molecule has 0 spiro atoms. The van der Waals surface area contributed by atoms with Gasteiger partial charge in [-0.05, 0) is 18.9 Å². The molecule has 2 aromatic rings. The Morgan fingerprint density at radius 1 is 1.33 bits per heavy atom. The Bertz CT molecular complexity index is 674. The van der Waals surface area contributed by atoms with E-state index in [-0.39, 0.29) is 17.2 Å². The van der Waals surface area contributed by atoms with Crippen LogP contribution in [0.1, 0.15) is 42.9 Å². The van der Waals surface area contributed by atoms with Gasteiger partial charge >= 0.3 is 0 Å². The molecule has 1 amide bonds. The summed E-state index contributed by atoms with van der Waals surface area (Å²) in [6.45, 7) is 4.50. The first kappa shape index (κ1) is 15.0. The number of H-pyrrole nitrogens is 1. The maximum atomic E-state index is 12.1. The van der Waals surface area contributed by atoms with E-state index in [0.717, 1.165) is 25.0 Å². The average Bonchev–Trinajstić information content (AvgIpc) is 2.89. The Kier molecular flexibility index (Phi) is 4.86. The second-order valence-corrected chi connectivity index (χ2v) is 4.76. The normalized spacial score (nSPS) is 10.6. The van der Waals surface area contributed by atoms with Gasteiger partial charge < -0.3 is 5.32 Å². The first-order valence-corrected chi connectivity index (χ1v) is 7.07. The molecule has 2 aromatic heterocycles. The molecule has 0 atom stereocenters. The van der Waals surface area contributed by atoms with E-state index >= 15 is 0 Å². The number of nitrogens with zero attached hydrogens (tertiary/aromatic N) is 3. The Morgan fingerprint density at radius 2 is 2.14 bits per heavy atom. The predicted octanol–water partition coefficient (Wildman–Crippen LogP) is 1.58. The minimum Gasteiger partial charge on any atom is -0.304 e. The Balaban J connectivity index is 2.12. The molecule has 21 heavy (non-hydrogen) atoms. The number of carbonyl (C=O) groups is 1. The van der Waals surface area contributed by atoms with Crippen molar-refractivity contribution < 1.29 is 4.79 Å². The zero-order valence-corrected chi connectivity index (χ0v) is 12.2. The fourth-order valence-electron chi connectivity index (χ4n) is 1.95. The van der Waals surface area contributed by atoms with Gasteiger partial charge in [0.15, 0.2) is 5.82 Å². The van der Waals surface area contributed by atoms with E-state index in [9.17, 15) is 9.59 Å². The molecule has 7 heteroatoms. The van der Waals surface area contributed by atoms with Crippen molar-refractivity contribution in [3.63, 3.8) is 0 Å². The van der Waals surface area contributed by atoms with Crippen LogP contribution in [0.5, 0.6) is 0 Å². The highest BCUT2D eigenvalue weighted by atomic mass is 16.2. The van der Waals surface area contributed by atoms with Crippen LogP contribution in [0.2, 0.25) is 0 Å². The van der Waals surface area contributed by atoms with Crippen LogP contribution in [0.15, 0.2) is 23.0 Å². The molecule has 0 aliphatic rings. The Labute approximate surface area is 122 Å². The number of aromatic amines is 1. The topological polar surface area (TPSA) is 92.7 Å². The maximum Gasteiger partial charge on any atom is 0.277 e. The summed E-state index contributed by atoms with van der Waals surface area (Å²) in [5, 5.41) is 13.6. The van der Waals surface area contributed by atoms with Gasteiger partial charge in [0, 0.05) is 24.4 Å². The van der Waals surface area contributed by atoms with E-state index in [2.05, 4.69) is 27.5 Å². The minimum atomic E-state index is -0.380. The molecule has 2 rings (SSSR count). The third-order valence-corrected chi connectivity index (χ3v) is 2.93. The van der Waals surface area contributed by atoms with E-state index in [0.29, 0.717) is 12.4 Å². The fraction of sp³-hybridized carbons (Fsp3) is 0.429. The molecule has 0 aromatic carbocycles. The second kappa shape index (κ2) is 6.83. The summed E-state index contributed by atoms with van der Waals surface area (Å²) in [7, 11) is 0. The van der Waals surface area contributed by atoms with Gasteiger partial charge in [0.05, 0.1) is 0 Å². The first-order valence-electron chi connectivity index (χ1n) is 7.07. The van der Waals surface area contributed by atoms with Gasteiger partial charge in [0.2, 0.25) is 0 Å². The molecule has 0 saturated carbocycles. The van der Waals surface area contributed by atoms with Crippen molar-refractivity contribution in [2.75, 3.05) is 5.32 Å². The van der Waals surface area contributed by atoms with Crippen molar-refractivity contribution in [3.05, 3.63) is 39.9 Å². The molecule has 0 bridgehead atoms. The summed E-state index contributed by atoms with van der Waals surface area (Å²) in [5.41, 5.74) is 0.957. The van der Waals surface area contributed by atoms with Crippen molar-refractivity contribution >= 4 is 11.7 Å². The van der Waals surface area contributed by atoms with E-state index in [1.165, 1.54) is 16.8 Å². The van der Waals surface area contributed by atoms with Gasteiger partial charge in [-0.15, -0.1) is 0 Å². The van der Waals surface area contributed by atoms with Crippen LogP contribution in [-0.2, 0) is 13.0 Å². The third kappa shape index (κ3) is 3.77. The van der Waals surface area contributed by atoms with Gasteiger partial charge in [-0.3, -0.25) is 14.7 Å². The summed E-state index contributed by atoms with van der Waals surface area (Å²) in [6.07, 6.45) is 2.65. The van der Waals surface area contributed by atoms with Crippen LogP contribution in [-0.4, -0.2) is 25.9 Å². The molecular weight excluding hydrogens is 270 g/mol. The lowest BCUT2D eigenvalue weighted by atomic mass is 10.2. The smallest absolute Gasteiger partial charge is 0.277 e. The number of anilines is 1. The Hall–Kier alpha value is -2.44. The highest BCUT2D eigenvalue weighted by Crippen LogP contribution is 2.08. The van der Waals surface area contributed by atoms with Gasteiger partial charge in [-0.2, -0.15) is 10.2 Å². The summed E-state index contributed by atoms with van der Waals surface area (Å²) in [4.78, 5) is 23.7. The van der Waals surface area contributed by atoms with Gasteiger partial charge in [-0.1, -0.05) is 20.3 Å². The number of carbonyl (C=O) groups excluding carboxylic acids is 1. The minimum absolute atomic E-state index is 0.197. The number of hydrogen-bond acceptors (Lipinski definition) is 4. The molecule has 0 saturated heterocycles. The summed E-state index contributed by atoms with van der Waals surface area (Å²) < 4.78 is 1.29. The van der Waals surface area contributed by atoms with E-state index < -0.39 is 0 Å². The van der Waals surface area contributed by atoms with E-state index in [4.69, 9.17) is 0 Å². The molecule has 0 aliphatic heterocycles. The zero-order chi connectivity index (χ0) is 15.2. The number of nitrogens with one attached hydrogen (secondary N) is 2. The number of rotatable bonds is 6. The lowest BCUT2D eigenvalue weighted by molar-refractivity contribution is 0.101. The zero-order valence-electron chi connectivity index (χ0n) is 12.2. The molecule has 112 valence electrons. The largest absolute Gasteiger partial charge is 0.304 e. The van der Waals surface area contributed by atoms with Crippen LogP contribution in [0, 0.1) is 0 Å². The van der Waals surface area contributed by atoms with Crippen molar-refractivity contribution in [1.82, 2.24) is 20.0 Å². The van der Waals surface area contributed by atoms with Crippen molar-refractivity contribution in [1.29, 1.82) is 0 Å².